The zero-order chi connectivity index (χ0) is 10.1. The van der Waals surface area contributed by atoms with Crippen LogP contribution in [0.1, 0.15) is 23.8 Å². The van der Waals surface area contributed by atoms with Gasteiger partial charge in [-0.25, -0.2) is 0 Å². The molecule has 0 aliphatic carbocycles. The number of carbonyl (C=O) groups is 1. The summed E-state index contributed by atoms with van der Waals surface area (Å²) in [7, 11) is 0. The van der Waals surface area contributed by atoms with Crippen molar-refractivity contribution in [2.75, 3.05) is 0 Å². The van der Waals surface area contributed by atoms with Gasteiger partial charge in [0.1, 0.15) is 0 Å². The Morgan fingerprint density at radius 1 is 1.43 bits per heavy atom. The Labute approximate surface area is 90.4 Å². The summed E-state index contributed by atoms with van der Waals surface area (Å²) < 4.78 is 1.03. The molecule has 2 rings (SSSR count). The molecule has 0 radical (unpaired) electrons. The third-order valence-electron chi connectivity index (χ3n) is 2.20. The van der Waals surface area contributed by atoms with Gasteiger partial charge < -0.3 is 4.98 Å². The zero-order valence-electron chi connectivity index (χ0n) is 7.80. The molecule has 72 valence electrons. The van der Waals surface area contributed by atoms with Gasteiger partial charge in [0.15, 0.2) is 5.78 Å². The molecular weight excluding hydrogens is 242 g/mol. The van der Waals surface area contributed by atoms with Crippen LogP contribution in [0.5, 0.6) is 0 Å². The van der Waals surface area contributed by atoms with Crippen LogP contribution in [0.15, 0.2) is 28.7 Å². The van der Waals surface area contributed by atoms with Gasteiger partial charge in [0.25, 0.3) is 0 Å². The van der Waals surface area contributed by atoms with Crippen molar-refractivity contribution in [1.29, 1.82) is 0 Å². The lowest BCUT2D eigenvalue weighted by Gasteiger charge is -1.90. The summed E-state index contributed by atoms with van der Waals surface area (Å²) in [4.78, 5) is 14.5. The maximum Gasteiger partial charge on any atom is 0.178 e. The first-order chi connectivity index (χ1) is 6.70. The smallest absolute Gasteiger partial charge is 0.178 e. The fraction of sp³-hybridized carbons (Fsp3) is 0.182. The van der Waals surface area contributed by atoms with Crippen molar-refractivity contribution in [3.63, 3.8) is 0 Å². The highest BCUT2D eigenvalue weighted by atomic mass is 79.9. The summed E-state index contributed by atoms with van der Waals surface area (Å²) in [5.74, 6) is 0.150. The van der Waals surface area contributed by atoms with Gasteiger partial charge in [-0.3, -0.25) is 4.79 Å². The van der Waals surface area contributed by atoms with Crippen LogP contribution in [0.3, 0.4) is 0 Å². The number of fused-ring (bicyclic) bond motifs is 1. The lowest BCUT2D eigenvalue weighted by Crippen LogP contribution is -1.95. The van der Waals surface area contributed by atoms with Crippen LogP contribution < -0.4 is 0 Å². The average Bonchev–Trinajstić information content (AvgIpc) is 2.59. The van der Waals surface area contributed by atoms with Crippen LogP contribution in [-0.2, 0) is 0 Å². The van der Waals surface area contributed by atoms with Crippen molar-refractivity contribution < 1.29 is 4.79 Å². The molecule has 1 aromatic carbocycles. The SMILES string of the molecule is CCC(=O)c1cc2cc(Br)ccc2[nH]1. The number of nitrogens with one attached hydrogen (secondary N) is 1. The highest BCUT2D eigenvalue weighted by Gasteiger charge is 2.06. The standard InChI is InChI=1S/C11H10BrNO/c1-2-11(14)10-6-7-5-8(12)3-4-9(7)13-10/h3-6,13H,2H2,1H3. The van der Waals surface area contributed by atoms with Gasteiger partial charge in [-0.15, -0.1) is 0 Å². The van der Waals surface area contributed by atoms with Crippen molar-refractivity contribution >= 4 is 32.6 Å². The minimum Gasteiger partial charge on any atom is -0.352 e. The number of aromatic amines is 1. The van der Waals surface area contributed by atoms with Crippen LogP contribution >= 0.6 is 15.9 Å². The molecule has 14 heavy (non-hydrogen) atoms. The van der Waals surface area contributed by atoms with Crippen molar-refractivity contribution in [2.45, 2.75) is 13.3 Å². The summed E-state index contributed by atoms with van der Waals surface area (Å²) in [5.41, 5.74) is 1.70. The first kappa shape index (κ1) is 9.46. The molecule has 0 aliphatic rings. The molecule has 0 aliphatic heterocycles. The van der Waals surface area contributed by atoms with Crippen LogP contribution in [0.4, 0.5) is 0 Å². The Morgan fingerprint density at radius 3 is 2.93 bits per heavy atom. The molecule has 1 heterocycles. The molecule has 0 bridgehead atoms. The maximum absolute atomic E-state index is 11.4. The minimum atomic E-state index is 0.150. The van der Waals surface area contributed by atoms with Crippen molar-refractivity contribution in [3.05, 3.63) is 34.4 Å². The Kier molecular flexibility index (Phi) is 2.42. The van der Waals surface area contributed by atoms with E-state index in [1.165, 1.54) is 0 Å². The largest absolute Gasteiger partial charge is 0.352 e. The molecular formula is C11H10BrNO. The van der Waals surface area contributed by atoms with E-state index in [1.54, 1.807) is 0 Å². The molecule has 0 amide bonds. The zero-order valence-corrected chi connectivity index (χ0v) is 9.39. The molecule has 0 spiro atoms. The number of aromatic nitrogens is 1. The first-order valence-corrected chi connectivity index (χ1v) is 5.31. The molecule has 2 nitrogen and oxygen atoms in total. The van der Waals surface area contributed by atoms with Crippen molar-refractivity contribution in [2.24, 2.45) is 0 Å². The molecule has 0 atom stereocenters. The molecule has 1 N–H and O–H groups in total. The Balaban J connectivity index is 2.56. The van der Waals surface area contributed by atoms with E-state index in [0.29, 0.717) is 12.1 Å². The second-order valence-electron chi connectivity index (χ2n) is 3.19. The Hall–Kier alpha value is -1.09. The monoisotopic (exact) mass is 251 g/mol. The minimum absolute atomic E-state index is 0.150. The topological polar surface area (TPSA) is 32.9 Å². The second kappa shape index (κ2) is 3.58. The van der Waals surface area contributed by atoms with Gasteiger partial charge in [-0.1, -0.05) is 22.9 Å². The predicted molar refractivity (Wildman–Crippen MR) is 60.6 cm³/mol. The normalized spacial score (nSPS) is 10.7. The third kappa shape index (κ3) is 1.60. The summed E-state index contributed by atoms with van der Waals surface area (Å²) in [5, 5.41) is 1.07. The Bertz CT molecular complexity index is 487. The number of halogens is 1. The highest BCUT2D eigenvalue weighted by molar-refractivity contribution is 9.10. The van der Waals surface area contributed by atoms with Gasteiger partial charge in [-0.05, 0) is 24.3 Å². The average molecular weight is 252 g/mol. The third-order valence-corrected chi connectivity index (χ3v) is 2.70. The van der Waals surface area contributed by atoms with Gasteiger partial charge in [0.2, 0.25) is 0 Å². The summed E-state index contributed by atoms with van der Waals surface area (Å²) in [6, 6.07) is 7.81. The van der Waals surface area contributed by atoms with E-state index in [-0.39, 0.29) is 5.78 Å². The van der Waals surface area contributed by atoms with E-state index in [0.717, 1.165) is 15.4 Å². The molecule has 1 aromatic heterocycles. The van der Waals surface area contributed by atoms with Crippen LogP contribution in [0, 0.1) is 0 Å². The number of Topliss-reactive ketones (excluding diaryl/α,β-unsaturated/α-hetero) is 1. The Morgan fingerprint density at radius 2 is 2.21 bits per heavy atom. The molecule has 0 saturated heterocycles. The van der Waals surface area contributed by atoms with E-state index in [2.05, 4.69) is 20.9 Å². The summed E-state index contributed by atoms with van der Waals surface area (Å²) in [6.07, 6.45) is 0.536. The molecule has 2 aromatic rings. The number of H-pyrrole nitrogens is 1. The molecule has 0 fully saturated rings. The van der Waals surface area contributed by atoms with Crippen LogP contribution in [0.25, 0.3) is 10.9 Å². The molecule has 0 unspecified atom stereocenters. The highest BCUT2D eigenvalue weighted by Crippen LogP contribution is 2.20. The summed E-state index contributed by atoms with van der Waals surface area (Å²) >= 11 is 3.40. The number of hydrogen-bond acceptors (Lipinski definition) is 1. The van der Waals surface area contributed by atoms with Crippen LogP contribution in [0.2, 0.25) is 0 Å². The van der Waals surface area contributed by atoms with Crippen molar-refractivity contribution in [1.82, 2.24) is 4.98 Å². The van der Waals surface area contributed by atoms with Crippen LogP contribution in [-0.4, -0.2) is 10.8 Å². The van der Waals surface area contributed by atoms with E-state index in [1.807, 2.05) is 31.2 Å². The van der Waals surface area contributed by atoms with Gasteiger partial charge in [0, 0.05) is 21.8 Å². The number of carbonyl (C=O) groups excluding carboxylic acids is 1. The number of hydrogen-bond donors (Lipinski definition) is 1. The van der Waals surface area contributed by atoms with Crippen molar-refractivity contribution in [3.8, 4) is 0 Å². The van der Waals surface area contributed by atoms with E-state index in [4.69, 9.17) is 0 Å². The maximum atomic E-state index is 11.4. The lowest BCUT2D eigenvalue weighted by atomic mass is 10.2. The van der Waals surface area contributed by atoms with E-state index < -0.39 is 0 Å². The van der Waals surface area contributed by atoms with Gasteiger partial charge in [-0.2, -0.15) is 0 Å². The quantitative estimate of drug-likeness (QED) is 0.815. The summed E-state index contributed by atoms with van der Waals surface area (Å²) in [6.45, 7) is 1.86. The number of rotatable bonds is 2. The fourth-order valence-corrected chi connectivity index (χ4v) is 1.82. The predicted octanol–water partition coefficient (Wildman–Crippen LogP) is 3.52. The van der Waals surface area contributed by atoms with Gasteiger partial charge >= 0.3 is 0 Å². The van der Waals surface area contributed by atoms with E-state index in [9.17, 15) is 4.79 Å². The van der Waals surface area contributed by atoms with E-state index >= 15 is 0 Å². The molecule has 0 saturated carbocycles. The fourth-order valence-electron chi connectivity index (χ4n) is 1.44. The van der Waals surface area contributed by atoms with Gasteiger partial charge in [0.05, 0.1) is 5.69 Å². The molecule has 3 heteroatoms. The number of benzene rings is 1. The lowest BCUT2D eigenvalue weighted by molar-refractivity contribution is 0.0984. The number of ketones is 1. The first-order valence-electron chi connectivity index (χ1n) is 4.52. The second-order valence-corrected chi connectivity index (χ2v) is 4.11.